The average molecular weight is 625 g/mol. The van der Waals surface area contributed by atoms with Crippen molar-refractivity contribution in [2.24, 2.45) is 0 Å². The van der Waals surface area contributed by atoms with Crippen LogP contribution in [-0.4, -0.2) is 109 Å². The zero-order valence-corrected chi connectivity index (χ0v) is 26.0. The predicted octanol–water partition coefficient (Wildman–Crippen LogP) is 3.64. The smallest absolute Gasteiger partial charge is 0.264 e. The van der Waals surface area contributed by atoms with Crippen LogP contribution in [0.1, 0.15) is 96.3 Å². The second-order valence-corrected chi connectivity index (χ2v) is 14.9. The fourth-order valence-corrected chi connectivity index (χ4v) is 6.84. The highest BCUT2D eigenvalue weighted by atomic mass is 79.9. The van der Waals surface area contributed by atoms with Crippen molar-refractivity contribution in [3.63, 3.8) is 0 Å². The van der Waals surface area contributed by atoms with Crippen molar-refractivity contribution in [1.29, 1.82) is 0 Å². The fourth-order valence-electron chi connectivity index (χ4n) is 5.50. The van der Waals surface area contributed by atoms with E-state index >= 15 is 0 Å². The van der Waals surface area contributed by atoms with Gasteiger partial charge in [-0.1, -0.05) is 35.2 Å². The van der Waals surface area contributed by atoms with Gasteiger partial charge in [-0.2, -0.15) is 8.42 Å². The first-order valence-corrected chi connectivity index (χ1v) is 18.0. The van der Waals surface area contributed by atoms with Crippen molar-refractivity contribution in [3.05, 3.63) is 0 Å². The SMILES string of the molecule is BrC1CCC1.CS(=O)(=O)OC1CCN(C2CCC2)CC1.OC1CCN(C2CCC2)CC1.OC1CCNCC1. The number of hydrogen-bond acceptors (Lipinski definition) is 8. The lowest BCUT2D eigenvalue weighted by Crippen LogP contribution is -2.46. The molecule has 6 fully saturated rings. The molecular formula is C28H54BrN3O5S. The summed E-state index contributed by atoms with van der Waals surface area (Å²) in [5, 5.41) is 21.3. The maximum absolute atomic E-state index is 10.9. The molecule has 3 aliphatic heterocycles. The highest BCUT2D eigenvalue weighted by Gasteiger charge is 2.30. The molecule has 38 heavy (non-hydrogen) atoms. The summed E-state index contributed by atoms with van der Waals surface area (Å²) in [6.07, 6.45) is 19.0. The largest absolute Gasteiger partial charge is 0.393 e. The van der Waals surface area contributed by atoms with E-state index < -0.39 is 10.1 Å². The highest BCUT2D eigenvalue weighted by molar-refractivity contribution is 9.09. The number of nitrogens with one attached hydrogen (secondary N) is 1. The van der Waals surface area contributed by atoms with Gasteiger partial charge in [0.05, 0.1) is 24.6 Å². The van der Waals surface area contributed by atoms with E-state index in [2.05, 4.69) is 31.0 Å². The summed E-state index contributed by atoms with van der Waals surface area (Å²) < 4.78 is 26.9. The highest BCUT2D eigenvalue weighted by Crippen LogP contribution is 2.29. The van der Waals surface area contributed by atoms with E-state index in [-0.39, 0.29) is 18.3 Å². The number of nitrogens with zero attached hydrogens (tertiary/aromatic N) is 2. The van der Waals surface area contributed by atoms with Gasteiger partial charge in [0.1, 0.15) is 0 Å². The van der Waals surface area contributed by atoms with Crippen LogP contribution in [0.2, 0.25) is 0 Å². The Morgan fingerprint density at radius 2 is 1.08 bits per heavy atom. The summed E-state index contributed by atoms with van der Waals surface area (Å²) >= 11 is 3.46. The summed E-state index contributed by atoms with van der Waals surface area (Å²) in [5.41, 5.74) is 0. The van der Waals surface area contributed by atoms with Crippen molar-refractivity contribution in [3.8, 4) is 0 Å². The normalized spacial score (nSPS) is 27.3. The minimum atomic E-state index is -3.27. The maximum Gasteiger partial charge on any atom is 0.264 e. The molecule has 0 unspecified atom stereocenters. The third kappa shape index (κ3) is 12.8. The Morgan fingerprint density at radius 3 is 1.37 bits per heavy atom. The van der Waals surface area contributed by atoms with Gasteiger partial charge in [0, 0.05) is 43.1 Å². The fraction of sp³-hybridized carbons (Fsp3) is 1.00. The van der Waals surface area contributed by atoms with Gasteiger partial charge in [0.2, 0.25) is 0 Å². The van der Waals surface area contributed by atoms with Gasteiger partial charge in [0.25, 0.3) is 10.1 Å². The lowest BCUT2D eigenvalue weighted by molar-refractivity contribution is 0.0385. The van der Waals surface area contributed by atoms with Gasteiger partial charge >= 0.3 is 0 Å². The molecule has 10 heteroatoms. The monoisotopic (exact) mass is 623 g/mol. The topological polar surface area (TPSA) is 102 Å². The maximum atomic E-state index is 10.9. The number of alkyl halides is 1. The number of likely N-dealkylation sites (tertiary alicyclic amines) is 2. The molecule has 3 N–H and O–H groups in total. The Labute approximate surface area is 240 Å². The average Bonchev–Trinajstić information content (AvgIpc) is 2.79. The molecule has 6 aliphatic rings. The lowest BCUT2D eigenvalue weighted by atomic mass is 9.90. The van der Waals surface area contributed by atoms with Gasteiger partial charge < -0.3 is 25.3 Å². The molecule has 224 valence electrons. The van der Waals surface area contributed by atoms with Crippen LogP contribution in [0.5, 0.6) is 0 Å². The zero-order chi connectivity index (χ0) is 27.4. The molecule has 8 nitrogen and oxygen atoms in total. The van der Waals surface area contributed by atoms with E-state index in [1.807, 2.05) is 0 Å². The molecule has 0 amide bonds. The predicted molar refractivity (Wildman–Crippen MR) is 157 cm³/mol. The first kappa shape index (κ1) is 32.7. The molecular weight excluding hydrogens is 570 g/mol. The van der Waals surface area contributed by atoms with E-state index in [1.54, 1.807) is 0 Å². The summed E-state index contributed by atoms with van der Waals surface area (Å²) in [6, 6.07) is 1.65. The lowest BCUT2D eigenvalue weighted by Gasteiger charge is -2.41. The third-order valence-corrected chi connectivity index (χ3v) is 10.3. The Balaban J connectivity index is 0.000000152. The summed E-state index contributed by atoms with van der Waals surface area (Å²) in [7, 11) is -3.27. The van der Waals surface area contributed by atoms with Crippen LogP contribution in [0, 0.1) is 0 Å². The van der Waals surface area contributed by atoms with Crippen LogP contribution in [0.15, 0.2) is 0 Å². The van der Waals surface area contributed by atoms with Crippen molar-refractivity contribution in [2.45, 2.75) is 132 Å². The van der Waals surface area contributed by atoms with Crippen LogP contribution >= 0.6 is 15.9 Å². The molecule has 3 saturated heterocycles. The van der Waals surface area contributed by atoms with Crippen LogP contribution < -0.4 is 5.32 Å². The number of aliphatic hydroxyl groups excluding tert-OH is 2. The standard InChI is InChI=1S/C10H19NO3S.C9H17NO.C5H11NO.C4H7Br/c1-15(12,13)14-10-5-7-11(8-6-10)9-3-2-4-9;11-9-4-6-10(7-5-9)8-2-1-3-8;7-5-1-3-6-4-2-5;5-4-2-1-3-4/h9-10H,2-8H2,1H3;8-9,11H,1-7H2;5-7H,1-4H2;4H,1-3H2. The quantitative estimate of drug-likeness (QED) is 0.322. The minimum Gasteiger partial charge on any atom is -0.393 e. The molecule has 0 spiro atoms. The van der Waals surface area contributed by atoms with Gasteiger partial charge in [-0.25, -0.2) is 0 Å². The third-order valence-electron chi connectivity index (χ3n) is 8.81. The van der Waals surface area contributed by atoms with Crippen LogP contribution in [0.25, 0.3) is 0 Å². The van der Waals surface area contributed by atoms with Gasteiger partial charge in [-0.05, 0) is 90.1 Å². The van der Waals surface area contributed by atoms with Crippen molar-refractivity contribution < 1.29 is 22.8 Å². The molecule has 0 bridgehead atoms. The van der Waals surface area contributed by atoms with Crippen LogP contribution in [0.3, 0.4) is 0 Å². The second kappa shape index (κ2) is 17.2. The Kier molecular flexibility index (Phi) is 14.8. The molecule has 0 radical (unpaired) electrons. The molecule has 0 aromatic heterocycles. The van der Waals surface area contributed by atoms with E-state index in [4.69, 9.17) is 9.29 Å². The molecule has 0 aromatic carbocycles. The van der Waals surface area contributed by atoms with Crippen molar-refractivity contribution in [2.75, 3.05) is 45.5 Å². The number of piperidine rings is 3. The Morgan fingerprint density at radius 1 is 0.684 bits per heavy atom. The second-order valence-electron chi connectivity index (χ2n) is 12.0. The summed E-state index contributed by atoms with van der Waals surface area (Å²) in [4.78, 5) is 5.91. The molecule has 6 rings (SSSR count). The summed E-state index contributed by atoms with van der Waals surface area (Å²) in [6.45, 7) is 6.22. The van der Waals surface area contributed by atoms with E-state index in [9.17, 15) is 13.5 Å². The zero-order valence-electron chi connectivity index (χ0n) is 23.6. The van der Waals surface area contributed by atoms with Crippen molar-refractivity contribution in [1.82, 2.24) is 15.1 Å². The summed E-state index contributed by atoms with van der Waals surface area (Å²) in [5.74, 6) is 0. The van der Waals surface area contributed by atoms with Crippen LogP contribution in [-0.2, 0) is 14.3 Å². The number of hydrogen-bond donors (Lipinski definition) is 3. The Hall–Kier alpha value is 0.190. The van der Waals surface area contributed by atoms with E-state index in [1.165, 1.54) is 57.8 Å². The van der Waals surface area contributed by atoms with Gasteiger partial charge in [-0.15, -0.1) is 0 Å². The molecule has 0 atom stereocenters. The number of rotatable bonds is 4. The molecule has 3 aliphatic carbocycles. The first-order valence-electron chi connectivity index (χ1n) is 15.3. The molecule has 3 heterocycles. The van der Waals surface area contributed by atoms with E-state index in [0.717, 1.165) is 101 Å². The van der Waals surface area contributed by atoms with Gasteiger partial charge in [0.15, 0.2) is 0 Å². The number of halogens is 1. The van der Waals surface area contributed by atoms with E-state index in [0.29, 0.717) is 0 Å². The first-order chi connectivity index (χ1) is 18.2. The Bertz CT molecular complexity index is 727. The number of aliphatic hydroxyl groups is 2. The van der Waals surface area contributed by atoms with Gasteiger partial charge in [-0.3, -0.25) is 4.18 Å². The van der Waals surface area contributed by atoms with Crippen LogP contribution in [0.4, 0.5) is 0 Å². The minimum absolute atomic E-state index is 0.00803. The molecule has 3 saturated carbocycles. The van der Waals surface area contributed by atoms with Crippen molar-refractivity contribution >= 4 is 26.0 Å². The molecule has 0 aromatic rings.